The standard InChI is InChI=1S/C18H26N2O4/c1-12-5-7-13(8-6-12)9-10-14(21)19-11-15(22)20-16(17(23)24)18(2,3)4/h5-8,16H,9-11H2,1-4H3,(H,19,21)(H,20,22)(H,23,24). The predicted molar refractivity (Wildman–Crippen MR) is 91.5 cm³/mol. The summed E-state index contributed by atoms with van der Waals surface area (Å²) >= 11 is 0. The zero-order valence-corrected chi connectivity index (χ0v) is 14.7. The van der Waals surface area contributed by atoms with Gasteiger partial charge in [0.05, 0.1) is 6.54 Å². The lowest BCUT2D eigenvalue weighted by molar-refractivity contribution is -0.144. The predicted octanol–water partition coefficient (Wildman–Crippen LogP) is 1.66. The van der Waals surface area contributed by atoms with Crippen molar-refractivity contribution in [3.05, 3.63) is 35.4 Å². The van der Waals surface area contributed by atoms with Crippen molar-refractivity contribution < 1.29 is 19.5 Å². The third-order valence-corrected chi connectivity index (χ3v) is 3.63. The average Bonchev–Trinajstić information content (AvgIpc) is 2.48. The zero-order valence-electron chi connectivity index (χ0n) is 14.7. The molecular weight excluding hydrogens is 308 g/mol. The minimum Gasteiger partial charge on any atom is -0.480 e. The molecular formula is C18H26N2O4. The number of benzene rings is 1. The molecule has 0 bridgehead atoms. The van der Waals surface area contributed by atoms with Crippen molar-refractivity contribution in [1.82, 2.24) is 10.6 Å². The van der Waals surface area contributed by atoms with E-state index in [0.29, 0.717) is 6.42 Å². The Hall–Kier alpha value is -2.37. The number of hydrogen-bond donors (Lipinski definition) is 3. The summed E-state index contributed by atoms with van der Waals surface area (Å²) in [5, 5.41) is 14.1. The molecule has 24 heavy (non-hydrogen) atoms. The van der Waals surface area contributed by atoms with Gasteiger partial charge < -0.3 is 15.7 Å². The molecule has 6 nitrogen and oxygen atoms in total. The second-order valence-electron chi connectivity index (χ2n) is 6.97. The Morgan fingerprint density at radius 1 is 1.08 bits per heavy atom. The first kappa shape index (κ1) is 19.7. The van der Waals surface area contributed by atoms with Crippen LogP contribution in [0.2, 0.25) is 0 Å². The van der Waals surface area contributed by atoms with Crippen molar-refractivity contribution in [3.8, 4) is 0 Å². The van der Waals surface area contributed by atoms with E-state index in [1.54, 1.807) is 20.8 Å². The van der Waals surface area contributed by atoms with Gasteiger partial charge in [-0.2, -0.15) is 0 Å². The molecule has 0 aliphatic carbocycles. The van der Waals surface area contributed by atoms with E-state index in [0.717, 1.165) is 11.1 Å². The van der Waals surface area contributed by atoms with Gasteiger partial charge in [0, 0.05) is 6.42 Å². The molecule has 1 aromatic rings. The summed E-state index contributed by atoms with van der Waals surface area (Å²) < 4.78 is 0. The van der Waals surface area contributed by atoms with Crippen molar-refractivity contribution >= 4 is 17.8 Å². The Morgan fingerprint density at radius 3 is 2.17 bits per heavy atom. The number of hydrogen-bond acceptors (Lipinski definition) is 3. The molecule has 1 rings (SSSR count). The van der Waals surface area contributed by atoms with Gasteiger partial charge in [-0.15, -0.1) is 0 Å². The Kier molecular flexibility index (Phi) is 6.95. The van der Waals surface area contributed by atoms with E-state index in [4.69, 9.17) is 5.11 Å². The van der Waals surface area contributed by atoms with Crippen LogP contribution >= 0.6 is 0 Å². The van der Waals surface area contributed by atoms with Gasteiger partial charge in [0.15, 0.2) is 0 Å². The van der Waals surface area contributed by atoms with Gasteiger partial charge in [-0.05, 0) is 24.3 Å². The Balaban J connectivity index is 2.39. The van der Waals surface area contributed by atoms with Gasteiger partial charge in [0.2, 0.25) is 11.8 Å². The number of aliphatic carboxylic acids is 1. The molecule has 1 aromatic carbocycles. The number of carboxylic acid groups (broad SMARTS) is 1. The molecule has 0 saturated heterocycles. The van der Waals surface area contributed by atoms with Crippen LogP contribution in [0, 0.1) is 12.3 Å². The summed E-state index contributed by atoms with van der Waals surface area (Å²) in [4.78, 5) is 34.8. The van der Waals surface area contributed by atoms with Gasteiger partial charge >= 0.3 is 5.97 Å². The zero-order chi connectivity index (χ0) is 18.3. The smallest absolute Gasteiger partial charge is 0.326 e. The SMILES string of the molecule is Cc1ccc(CCC(=O)NCC(=O)NC(C(=O)O)C(C)(C)C)cc1. The van der Waals surface area contributed by atoms with E-state index in [1.807, 2.05) is 31.2 Å². The fourth-order valence-corrected chi connectivity index (χ4v) is 2.14. The molecule has 0 spiro atoms. The maximum atomic E-state index is 11.8. The van der Waals surface area contributed by atoms with Gasteiger partial charge in [-0.3, -0.25) is 9.59 Å². The second-order valence-corrected chi connectivity index (χ2v) is 6.97. The highest BCUT2D eigenvalue weighted by Gasteiger charge is 2.32. The number of rotatable bonds is 7. The molecule has 0 heterocycles. The quantitative estimate of drug-likeness (QED) is 0.706. The number of aryl methyl sites for hydroxylation is 2. The molecule has 1 atom stereocenters. The van der Waals surface area contributed by atoms with E-state index in [-0.39, 0.29) is 18.9 Å². The Bertz CT molecular complexity index is 588. The largest absolute Gasteiger partial charge is 0.480 e. The number of carbonyl (C=O) groups is 3. The maximum absolute atomic E-state index is 11.8. The Labute approximate surface area is 142 Å². The molecule has 0 saturated carbocycles. The van der Waals surface area contributed by atoms with Crippen LogP contribution in [0.5, 0.6) is 0 Å². The number of amides is 2. The van der Waals surface area contributed by atoms with Crippen molar-refractivity contribution in [2.45, 2.75) is 46.6 Å². The van der Waals surface area contributed by atoms with Crippen LogP contribution in [0.3, 0.4) is 0 Å². The summed E-state index contributed by atoms with van der Waals surface area (Å²) in [6, 6.07) is 6.90. The lowest BCUT2D eigenvalue weighted by Gasteiger charge is -2.27. The fraction of sp³-hybridized carbons (Fsp3) is 0.500. The average molecular weight is 334 g/mol. The molecule has 0 radical (unpaired) electrons. The minimum atomic E-state index is -1.10. The van der Waals surface area contributed by atoms with Gasteiger partial charge in [-0.1, -0.05) is 50.6 Å². The van der Waals surface area contributed by atoms with E-state index < -0.39 is 23.3 Å². The molecule has 1 unspecified atom stereocenters. The first-order valence-electron chi connectivity index (χ1n) is 7.94. The third-order valence-electron chi connectivity index (χ3n) is 3.63. The van der Waals surface area contributed by atoms with Gasteiger partial charge in [0.1, 0.15) is 6.04 Å². The van der Waals surface area contributed by atoms with E-state index in [2.05, 4.69) is 10.6 Å². The highest BCUT2D eigenvalue weighted by atomic mass is 16.4. The van der Waals surface area contributed by atoms with Crippen molar-refractivity contribution in [2.75, 3.05) is 6.54 Å². The molecule has 3 N–H and O–H groups in total. The molecule has 132 valence electrons. The monoisotopic (exact) mass is 334 g/mol. The maximum Gasteiger partial charge on any atom is 0.326 e. The molecule has 0 aliphatic rings. The fourth-order valence-electron chi connectivity index (χ4n) is 2.14. The lowest BCUT2D eigenvalue weighted by Crippen LogP contribution is -2.51. The molecule has 6 heteroatoms. The summed E-state index contributed by atoms with van der Waals surface area (Å²) in [6.45, 7) is 6.95. The lowest BCUT2D eigenvalue weighted by atomic mass is 9.87. The number of nitrogens with one attached hydrogen (secondary N) is 2. The second kappa shape index (κ2) is 8.47. The van der Waals surface area contributed by atoms with Crippen LogP contribution in [0.15, 0.2) is 24.3 Å². The minimum absolute atomic E-state index is 0.230. The first-order chi connectivity index (χ1) is 11.1. The van der Waals surface area contributed by atoms with Gasteiger partial charge in [-0.25, -0.2) is 4.79 Å². The molecule has 2 amide bonds. The van der Waals surface area contributed by atoms with Crippen molar-refractivity contribution in [3.63, 3.8) is 0 Å². The van der Waals surface area contributed by atoms with Crippen LogP contribution in [0.4, 0.5) is 0 Å². The van der Waals surface area contributed by atoms with Crippen LogP contribution in [0.25, 0.3) is 0 Å². The number of carbonyl (C=O) groups excluding carboxylic acids is 2. The van der Waals surface area contributed by atoms with Crippen LogP contribution in [0.1, 0.15) is 38.3 Å². The van der Waals surface area contributed by atoms with Gasteiger partial charge in [0.25, 0.3) is 0 Å². The topological polar surface area (TPSA) is 95.5 Å². The highest BCUT2D eigenvalue weighted by molar-refractivity contribution is 5.88. The number of carboxylic acids is 1. The molecule has 0 aromatic heterocycles. The normalized spacial score (nSPS) is 12.3. The highest BCUT2D eigenvalue weighted by Crippen LogP contribution is 2.19. The first-order valence-corrected chi connectivity index (χ1v) is 7.94. The summed E-state index contributed by atoms with van der Waals surface area (Å²) in [6.07, 6.45) is 0.867. The van der Waals surface area contributed by atoms with Crippen molar-refractivity contribution in [1.29, 1.82) is 0 Å². The molecule has 0 fully saturated rings. The van der Waals surface area contributed by atoms with E-state index in [1.165, 1.54) is 0 Å². The van der Waals surface area contributed by atoms with Crippen LogP contribution in [-0.4, -0.2) is 35.5 Å². The summed E-state index contributed by atoms with van der Waals surface area (Å²) in [5.74, 6) is -1.85. The Morgan fingerprint density at radius 2 is 1.67 bits per heavy atom. The van der Waals surface area contributed by atoms with E-state index in [9.17, 15) is 14.4 Å². The third kappa shape index (κ3) is 6.81. The molecule has 0 aliphatic heterocycles. The van der Waals surface area contributed by atoms with E-state index >= 15 is 0 Å². The van der Waals surface area contributed by atoms with Crippen molar-refractivity contribution in [2.24, 2.45) is 5.41 Å². The van der Waals surface area contributed by atoms with Crippen LogP contribution < -0.4 is 10.6 Å². The summed E-state index contributed by atoms with van der Waals surface area (Å²) in [7, 11) is 0. The van der Waals surface area contributed by atoms with Crippen LogP contribution in [-0.2, 0) is 20.8 Å². The summed E-state index contributed by atoms with van der Waals surface area (Å²) in [5.41, 5.74) is 1.60.